The van der Waals surface area contributed by atoms with Gasteiger partial charge in [0.15, 0.2) is 0 Å². The lowest BCUT2D eigenvalue weighted by molar-refractivity contribution is 0.133. The van der Waals surface area contributed by atoms with Gasteiger partial charge in [-0.25, -0.2) is 13.4 Å². The first-order valence-electron chi connectivity index (χ1n) is 7.33. The maximum atomic E-state index is 12.6. The molecule has 0 saturated carbocycles. The normalized spacial score (nSPS) is 21.4. The van der Waals surface area contributed by atoms with Crippen molar-refractivity contribution in [2.45, 2.75) is 37.7 Å². The van der Waals surface area contributed by atoms with Gasteiger partial charge in [0.1, 0.15) is 5.82 Å². The molecule has 2 heterocycles. The third kappa shape index (κ3) is 3.72. The van der Waals surface area contributed by atoms with E-state index in [-0.39, 0.29) is 10.8 Å². The van der Waals surface area contributed by atoms with Gasteiger partial charge < -0.3 is 10.4 Å². The van der Waals surface area contributed by atoms with Crippen LogP contribution in [-0.4, -0.2) is 48.6 Å². The Morgan fingerprint density at radius 2 is 2.33 bits per heavy atom. The Morgan fingerprint density at radius 1 is 1.57 bits per heavy atom. The van der Waals surface area contributed by atoms with Crippen LogP contribution in [0.3, 0.4) is 0 Å². The van der Waals surface area contributed by atoms with Crippen molar-refractivity contribution in [3.05, 3.63) is 18.3 Å². The average molecular weight is 313 g/mol. The molecule has 0 spiro atoms. The Balaban J connectivity index is 2.16. The predicted molar refractivity (Wildman–Crippen MR) is 81.6 cm³/mol. The summed E-state index contributed by atoms with van der Waals surface area (Å²) in [6.45, 7) is 5.33. The Bertz CT molecular complexity index is 575. The molecule has 6 nitrogen and oxygen atoms in total. The second kappa shape index (κ2) is 6.72. The highest BCUT2D eigenvalue weighted by atomic mass is 32.2. The molecule has 1 saturated heterocycles. The molecular formula is C14H23N3O3S. The third-order valence-corrected chi connectivity index (χ3v) is 5.66. The fourth-order valence-corrected chi connectivity index (χ4v) is 3.96. The van der Waals surface area contributed by atoms with Crippen LogP contribution in [0.2, 0.25) is 0 Å². The van der Waals surface area contributed by atoms with E-state index in [1.165, 1.54) is 16.6 Å². The summed E-state index contributed by atoms with van der Waals surface area (Å²) in [5.41, 5.74) is 0. The highest BCUT2D eigenvalue weighted by Crippen LogP contribution is 2.26. The van der Waals surface area contributed by atoms with Crippen LogP contribution in [0.5, 0.6) is 0 Å². The number of anilines is 1. The van der Waals surface area contributed by atoms with Crippen LogP contribution < -0.4 is 5.32 Å². The molecule has 1 aromatic heterocycles. The van der Waals surface area contributed by atoms with Gasteiger partial charge in [-0.05, 0) is 31.7 Å². The molecule has 0 bridgehead atoms. The standard InChI is InChI=1S/C14H23N3O3S/c1-3-6-15-14-9-13(4-7-16-14)21(19,20)17-8-5-12(10-17)11(2)18/h4,7,9,11-12,18H,3,5-6,8,10H2,1-2H3,(H,15,16). The van der Waals surface area contributed by atoms with Crippen LogP contribution in [0.15, 0.2) is 23.2 Å². The quantitative estimate of drug-likeness (QED) is 0.827. The SMILES string of the molecule is CCCNc1cc(S(=O)(=O)N2CCC(C(C)O)C2)ccn1. The number of hydrogen-bond acceptors (Lipinski definition) is 5. The van der Waals surface area contributed by atoms with E-state index in [4.69, 9.17) is 0 Å². The number of rotatable bonds is 6. The molecule has 7 heteroatoms. The Kier molecular flexibility index (Phi) is 5.18. The van der Waals surface area contributed by atoms with Gasteiger partial charge in [0.25, 0.3) is 0 Å². The number of aromatic nitrogens is 1. The Hall–Kier alpha value is -1.18. The van der Waals surface area contributed by atoms with Gasteiger partial charge in [0.2, 0.25) is 10.0 Å². The van der Waals surface area contributed by atoms with Crippen molar-refractivity contribution in [3.8, 4) is 0 Å². The number of nitrogens with one attached hydrogen (secondary N) is 1. The van der Waals surface area contributed by atoms with E-state index in [1.54, 1.807) is 13.0 Å². The van der Waals surface area contributed by atoms with Crippen molar-refractivity contribution in [1.82, 2.24) is 9.29 Å². The first-order chi connectivity index (χ1) is 9.95. The molecule has 21 heavy (non-hydrogen) atoms. The summed E-state index contributed by atoms with van der Waals surface area (Å²) in [6, 6.07) is 3.09. The van der Waals surface area contributed by atoms with E-state index in [0.717, 1.165) is 13.0 Å². The van der Waals surface area contributed by atoms with Gasteiger partial charge in [0, 0.05) is 31.9 Å². The largest absolute Gasteiger partial charge is 0.393 e. The summed E-state index contributed by atoms with van der Waals surface area (Å²) in [5, 5.41) is 12.7. The molecule has 0 aliphatic carbocycles. The van der Waals surface area contributed by atoms with Crippen molar-refractivity contribution < 1.29 is 13.5 Å². The molecule has 2 rings (SSSR count). The molecule has 2 atom stereocenters. The monoisotopic (exact) mass is 313 g/mol. The van der Waals surface area contributed by atoms with E-state index < -0.39 is 16.1 Å². The van der Waals surface area contributed by atoms with Gasteiger partial charge in [-0.2, -0.15) is 4.31 Å². The van der Waals surface area contributed by atoms with Crippen molar-refractivity contribution in [1.29, 1.82) is 0 Å². The zero-order valence-corrected chi connectivity index (χ0v) is 13.3. The van der Waals surface area contributed by atoms with E-state index in [2.05, 4.69) is 10.3 Å². The van der Waals surface area contributed by atoms with Gasteiger partial charge in [0.05, 0.1) is 11.0 Å². The van der Waals surface area contributed by atoms with Crippen LogP contribution in [0.1, 0.15) is 26.7 Å². The Morgan fingerprint density at radius 3 is 2.95 bits per heavy atom. The molecule has 0 aromatic carbocycles. The van der Waals surface area contributed by atoms with Crippen LogP contribution >= 0.6 is 0 Å². The van der Waals surface area contributed by atoms with Gasteiger partial charge in [-0.3, -0.25) is 0 Å². The number of hydrogen-bond donors (Lipinski definition) is 2. The summed E-state index contributed by atoms with van der Waals surface area (Å²) in [4.78, 5) is 4.38. The van der Waals surface area contributed by atoms with Crippen LogP contribution in [0, 0.1) is 5.92 Å². The third-order valence-electron chi connectivity index (χ3n) is 3.79. The lowest BCUT2D eigenvalue weighted by Crippen LogP contribution is -2.30. The first kappa shape index (κ1) is 16.2. The van der Waals surface area contributed by atoms with Gasteiger partial charge in [-0.1, -0.05) is 6.92 Å². The Labute approximate surface area is 126 Å². The van der Waals surface area contributed by atoms with Crippen LogP contribution in [0.25, 0.3) is 0 Å². The minimum absolute atomic E-state index is 0.0132. The fraction of sp³-hybridized carbons (Fsp3) is 0.643. The summed E-state index contributed by atoms with van der Waals surface area (Å²) in [5.74, 6) is 0.587. The highest BCUT2D eigenvalue weighted by molar-refractivity contribution is 7.89. The summed E-state index contributed by atoms with van der Waals surface area (Å²) in [7, 11) is -3.51. The summed E-state index contributed by atoms with van der Waals surface area (Å²) >= 11 is 0. The van der Waals surface area contributed by atoms with E-state index in [0.29, 0.717) is 25.3 Å². The molecule has 1 aliphatic heterocycles. The topological polar surface area (TPSA) is 82.5 Å². The maximum Gasteiger partial charge on any atom is 0.243 e. The van der Waals surface area contributed by atoms with Crippen molar-refractivity contribution in [2.75, 3.05) is 25.0 Å². The molecule has 2 N–H and O–H groups in total. The van der Waals surface area contributed by atoms with E-state index in [9.17, 15) is 13.5 Å². The van der Waals surface area contributed by atoms with Crippen molar-refractivity contribution in [2.24, 2.45) is 5.92 Å². The molecular weight excluding hydrogens is 290 g/mol. The van der Waals surface area contributed by atoms with Crippen molar-refractivity contribution in [3.63, 3.8) is 0 Å². The molecule has 1 aliphatic rings. The van der Waals surface area contributed by atoms with Crippen LogP contribution in [-0.2, 0) is 10.0 Å². The molecule has 1 fully saturated rings. The zero-order chi connectivity index (χ0) is 15.5. The number of aliphatic hydroxyl groups is 1. The van der Waals surface area contributed by atoms with E-state index in [1.807, 2.05) is 6.92 Å². The minimum Gasteiger partial charge on any atom is -0.393 e. The predicted octanol–water partition coefficient (Wildman–Crippen LogP) is 1.29. The zero-order valence-electron chi connectivity index (χ0n) is 12.5. The lowest BCUT2D eigenvalue weighted by Gasteiger charge is -2.18. The highest BCUT2D eigenvalue weighted by Gasteiger charge is 2.34. The fourth-order valence-electron chi connectivity index (χ4n) is 2.44. The minimum atomic E-state index is -3.51. The average Bonchev–Trinajstić information content (AvgIpc) is 2.96. The molecule has 2 unspecified atom stereocenters. The maximum absolute atomic E-state index is 12.6. The molecule has 118 valence electrons. The lowest BCUT2D eigenvalue weighted by atomic mass is 10.0. The van der Waals surface area contributed by atoms with Crippen LogP contribution in [0.4, 0.5) is 5.82 Å². The molecule has 1 aromatic rings. The number of pyridine rings is 1. The first-order valence-corrected chi connectivity index (χ1v) is 8.77. The van der Waals surface area contributed by atoms with Gasteiger partial charge >= 0.3 is 0 Å². The molecule has 0 radical (unpaired) electrons. The number of nitrogens with zero attached hydrogens (tertiary/aromatic N) is 2. The van der Waals surface area contributed by atoms with E-state index >= 15 is 0 Å². The smallest absolute Gasteiger partial charge is 0.243 e. The number of aliphatic hydroxyl groups excluding tert-OH is 1. The second-order valence-electron chi connectivity index (χ2n) is 5.46. The summed E-state index contributed by atoms with van der Waals surface area (Å²) in [6.07, 6.45) is 2.67. The van der Waals surface area contributed by atoms with Gasteiger partial charge in [-0.15, -0.1) is 0 Å². The molecule has 0 amide bonds. The van der Waals surface area contributed by atoms with Crippen molar-refractivity contribution >= 4 is 15.8 Å². The second-order valence-corrected chi connectivity index (χ2v) is 7.39. The number of sulfonamides is 1. The summed E-state index contributed by atoms with van der Waals surface area (Å²) < 4.78 is 26.7.